The topological polar surface area (TPSA) is 107 Å². The van der Waals surface area contributed by atoms with Crippen LogP contribution in [0.1, 0.15) is 76.0 Å². The molecule has 1 unspecified atom stereocenters. The molecular formula is C30H42ClN5O3. The Morgan fingerprint density at radius 3 is 2.49 bits per heavy atom. The Balaban J connectivity index is 1.42. The minimum Gasteiger partial charge on any atom is -0.351 e. The number of amides is 3. The molecule has 0 spiro atoms. The number of nitrogens with one attached hydrogen (secondary N) is 3. The van der Waals surface area contributed by atoms with Gasteiger partial charge < -0.3 is 20.5 Å². The van der Waals surface area contributed by atoms with Crippen molar-refractivity contribution in [1.82, 2.24) is 25.5 Å². The summed E-state index contributed by atoms with van der Waals surface area (Å²) >= 11 is 6.07. The van der Waals surface area contributed by atoms with Crippen molar-refractivity contribution in [2.45, 2.75) is 83.6 Å². The molecule has 1 aromatic carbocycles. The number of carbonyl (C=O) groups is 3. The van der Waals surface area contributed by atoms with Crippen LogP contribution in [0.4, 0.5) is 4.79 Å². The number of benzene rings is 1. The summed E-state index contributed by atoms with van der Waals surface area (Å²) in [5.74, 6) is 0.703. The molecule has 1 atom stereocenters. The Morgan fingerprint density at radius 2 is 1.85 bits per heavy atom. The molecular weight excluding hydrogens is 514 g/mol. The lowest BCUT2D eigenvalue weighted by Crippen LogP contribution is -2.56. The van der Waals surface area contributed by atoms with Crippen LogP contribution >= 0.6 is 11.6 Å². The first-order valence-corrected chi connectivity index (χ1v) is 14.9. The molecule has 2 aromatic rings. The van der Waals surface area contributed by atoms with Gasteiger partial charge in [-0.15, -0.1) is 0 Å². The molecule has 8 nitrogen and oxygen atoms in total. The van der Waals surface area contributed by atoms with Crippen molar-refractivity contribution >= 4 is 29.3 Å². The van der Waals surface area contributed by atoms with Crippen LogP contribution in [0.2, 0.25) is 5.02 Å². The Bertz CT molecular complexity index is 1070. The largest absolute Gasteiger partial charge is 0.351 e. The van der Waals surface area contributed by atoms with Gasteiger partial charge in [-0.25, -0.2) is 9.78 Å². The third kappa shape index (κ3) is 7.62. The highest BCUT2D eigenvalue weighted by Gasteiger charge is 2.47. The first kappa shape index (κ1) is 29.1. The van der Waals surface area contributed by atoms with Crippen LogP contribution in [0.15, 0.2) is 36.8 Å². The van der Waals surface area contributed by atoms with E-state index in [1.807, 2.05) is 17.0 Å². The maximum Gasteiger partial charge on any atom is 0.315 e. The fourth-order valence-electron chi connectivity index (χ4n) is 6.39. The zero-order valence-electron chi connectivity index (χ0n) is 23.0. The van der Waals surface area contributed by atoms with Crippen molar-refractivity contribution in [2.75, 3.05) is 19.6 Å². The molecule has 3 amide bonds. The quantitative estimate of drug-likeness (QED) is 0.359. The molecule has 0 radical (unpaired) electrons. The molecule has 1 aliphatic carbocycles. The fraction of sp³-hybridized carbons (Fsp3) is 0.600. The first-order valence-electron chi connectivity index (χ1n) is 14.5. The van der Waals surface area contributed by atoms with Crippen LogP contribution in [0.5, 0.6) is 0 Å². The molecule has 1 aliphatic heterocycles. The normalized spacial score (nSPS) is 18.4. The van der Waals surface area contributed by atoms with Gasteiger partial charge in [0.2, 0.25) is 5.91 Å². The molecule has 2 heterocycles. The molecule has 9 heteroatoms. The lowest BCUT2D eigenvalue weighted by Gasteiger charge is -2.47. The first-order chi connectivity index (χ1) is 18.9. The minimum atomic E-state index is -0.718. The maximum absolute atomic E-state index is 13.8. The second kappa shape index (κ2) is 14.0. The number of piperidine rings is 1. The zero-order valence-corrected chi connectivity index (χ0v) is 23.8. The molecule has 39 heavy (non-hydrogen) atoms. The minimum absolute atomic E-state index is 0.104. The van der Waals surface area contributed by atoms with E-state index in [0.29, 0.717) is 68.5 Å². The Morgan fingerprint density at radius 1 is 1.13 bits per heavy atom. The van der Waals surface area contributed by atoms with Gasteiger partial charge in [0.25, 0.3) is 0 Å². The highest BCUT2D eigenvalue weighted by molar-refractivity contribution is 6.30. The van der Waals surface area contributed by atoms with Gasteiger partial charge in [-0.2, -0.15) is 0 Å². The summed E-state index contributed by atoms with van der Waals surface area (Å²) in [4.78, 5) is 49.0. The van der Waals surface area contributed by atoms with E-state index >= 15 is 0 Å². The lowest BCUT2D eigenvalue weighted by molar-refractivity contribution is -0.144. The van der Waals surface area contributed by atoms with Gasteiger partial charge in [-0.3, -0.25) is 9.59 Å². The summed E-state index contributed by atoms with van der Waals surface area (Å²) in [5, 5.41) is 6.39. The number of aromatic nitrogens is 2. The smallest absolute Gasteiger partial charge is 0.315 e. The number of nitrogens with zero attached hydrogens (tertiary/aromatic N) is 2. The third-order valence-corrected chi connectivity index (χ3v) is 8.82. The Hall–Kier alpha value is -2.87. The number of hydrogen-bond donors (Lipinski definition) is 3. The van der Waals surface area contributed by atoms with Gasteiger partial charge in [0, 0.05) is 55.5 Å². The van der Waals surface area contributed by atoms with Gasteiger partial charge in [0.1, 0.15) is 11.8 Å². The second-order valence-corrected chi connectivity index (χ2v) is 11.5. The number of rotatable bonds is 11. The molecule has 2 fully saturated rings. The Labute approximate surface area is 236 Å². The number of carbonyl (C=O) groups excluding carboxylic acids is 3. The summed E-state index contributed by atoms with van der Waals surface area (Å²) in [5.41, 5.74) is 1.47. The average Bonchev–Trinajstić information content (AvgIpc) is 3.48. The van der Waals surface area contributed by atoms with E-state index in [1.165, 1.54) is 19.3 Å². The van der Waals surface area contributed by atoms with E-state index in [0.717, 1.165) is 30.5 Å². The van der Waals surface area contributed by atoms with E-state index in [-0.39, 0.29) is 17.4 Å². The molecule has 1 saturated heterocycles. The number of ketones is 1. The third-order valence-electron chi connectivity index (χ3n) is 8.56. The summed E-state index contributed by atoms with van der Waals surface area (Å²) in [6, 6.07) is 6.25. The van der Waals surface area contributed by atoms with E-state index in [9.17, 15) is 14.4 Å². The van der Waals surface area contributed by atoms with Crippen molar-refractivity contribution in [2.24, 2.45) is 11.3 Å². The number of imidazole rings is 1. The van der Waals surface area contributed by atoms with Gasteiger partial charge in [-0.1, -0.05) is 49.9 Å². The van der Waals surface area contributed by atoms with Crippen LogP contribution in [0.3, 0.4) is 0 Å². The SMILES string of the molecule is CCCC(=O)C1(C2CCCCC2)CCN(C(=O)C(Cc2ccc(Cl)cc2)NC(=O)NCCc2c[nH]cn2)CC1. The number of halogens is 1. The average molecular weight is 556 g/mol. The number of urea groups is 1. The zero-order chi connectivity index (χ0) is 27.7. The van der Waals surface area contributed by atoms with Crippen molar-refractivity contribution in [3.05, 3.63) is 53.1 Å². The number of likely N-dealkylation sites (tertiary alicyclic amines) is 1. The van der Waals surface area contributed by atoms with Crippen LogP contribution in [0, 0.1) is 11.3 Å². The van der Waals surface area contributed by atoms with E-state index in [2.05, 4.69) is 27.5 Å². The molecule has 1 saturated carbocycles. The predicted octanol–water partition coefficient (Wildman–Crippen LogP) is 5.07. The monoisotopic (exact) mass is 555 g/mol. The van der Waals surface area contributed by atoms with Crippen LogP contribution in [0.25, 0.3) is 0 Å². The fourth-order valence-corrected chi connectivity index (χ4v) is 6.52. The summed E-state index contributed by atoms with van der Waals surface area (Å²) < 4.78 is 0. The van der Waals surface area contributed by atoms with Crippen molar-refractivity contribution < 1.29 is 14.4 Å². The van der Waals surface area contributed by atoms with Crippen molar-refractivity contribution in [3.63, 3.8) is 0 Å². The van der Waals surface area contributed by atoms with E-state index < -0.39 is 6.04 Å². The van der Waals surface area contributed by atoms with Crippen LogP contribution in [-0.2, 0) is 22.4 Å². The highest BCUT2D eigenvalue weighted by atomic mass is 35.5. The summed E-state index contributed by atoms with van der Waals surface area (Å²) in [6.07, 6.45) is 13.1. The second-order valence-electron chi connectivity index (χ2n) is 11.1. The molecule has 212 valence electrons. The molecule has 1 aromatic heterocycles. The van der Waals surface area contributed by atoms with E-state index in [4.69, 9.17) is 11.6 Å². The molecule has 3 N–H and O–H groups in total. The molecule has 2 aliphatic rings. The molecule has 4 rings (SSSR count). The number of hydrogen-bond acceptors (Lipinski definition) is 4. The predicted molar refractivity (Wildman–Crippen MR) is 153 cm³/mol. The Kier molecular flexibility index (Phi) is 10.4. The van der Waals surface area contributed by atoms with Crippen molar-refractivity contribution in [1.29, 1.82) is 0 Å². The lowest BCUT2D eigenvalue weighted by atomic mass is 9.61. The van der Waals surface area contributed by atoms with Crippen molar-refractivity contribution in [3.8, 4) is 0 Å². The number of Topliss-reactive ketones (excluding diaryl/α,β-unsaturated/α-hetero) is 1. The number of aromatic amines is 1. The summed E-state index contributed by atoms with van der Waals surface area (Å²) in [7, 11) is 0. The van der Waals surface area contributed by atoms with E-state index in [1.54, 1.807) is 24.7 Å². The van der Waals surface area contributed by atoms with Gasteiger partial charge >= 0.3 is 6.03 Å². The maximum atomic E-state index is 13.8. The van der Waals surface area contributed by atoms with Crippen LogP contribution < -0.4 is 10.6 Å². The molecule has 0 bridgehead atoms. The van der Waals surface area contributed by atoms with Gasteiger partial charge in [0.05, 0.1) is 12.0 Å². The number of H-pyrrole nitrogens is 1. The van der Waals surface area contributed by atoms with Gasteiger partial charge in [0.15, 0.2) is 0 Å². The summed E-state index contributed by atoms with van der Waals surface area (Å²) in [6.45, 7) is 3.57. The van der Waals surface area contributed by atoms with Gasteiger partial charge in [-0.05, 0) is 55.7 Å². The van der Waals surface area contributed by atoms with Crippen LogP contribution in [-0.4, -0.2) is 58.3 Å². The highest BCUT2D eigenvalue weighted by Crippen LogP contribution is 2.47. The standard InChI is InChI=1S/C30H42ClN5O3/c1-2-6-27(37)30(23-7-4-3-5-8-23)14-17-36(18-15-30)28(38)26(19-22-9-11-24(31)12-10-22)35-29(39)33-16-13-25-20-32-21-34-25/h9-12,20-21,23,26H,2-8,13-19H2,1H3,(H,32,34)(H2,33,35,39).